The lowest BCUT2D eigenvalue weighted by Crippen LogP contribution is -2.17. The van der Waals surface area contributed by atoms with Gasteiger partial charge >= 0.3 is 0 Å². The van der Waals surface area contributed by atoms with Crippen LogP contribution in [0, 0.1) is 5.92 Å². The molecule has 0 aromatic rings. The zero-order chi connectivity index (χ0) is 9.35. The van der Waals surface area contributed by atoms with Gasteiger partial charge in [0.05, 0.1) is 11.4 Å². The molecule has 0 bridgehead atoms. The van der Waals surface area contributed by atoms with Gasteiger partial charge in [0.25, 0.3) is 10.1 Å². The summed E-state index contributed by atoms with van der Waals surface area (Å²) in [6.45, 7) is 6.97. The summed E-state index contributed by atoms with van der Waals surface area (Å²) in [4.78, 5) is 0. The minimum Gasteiger partial charge on any atom is -0.267 e. The molecule has 0 aliphatic heterocycles. The van der Waals surface area contributed by atoms with E-state index in [4.69, 9.17) is 4.18 Å². The van der Waals surface area contributed by atoms with Gasteiger partial charge in [-0.2, -0.15) is 8.42 Å². The summed E-state index contributed by atoms with van der Waals surface area (Å²) in [6.07, 6.45) is 2.07. The Kier molecular flexibility index (Phi) is 2.58. The fourth-order valence-electron chi connectivity index (χ4n) is 1.11. The highest BCUT2D eigenvalue weighted by Gasteiger charge is 2.46. The molecule has 0 radical (unpaired) electrons. The van der Waals surface area contributed by atoms with E-state index in [1.54, 1.807) is 19.9 Å². The minimum atomic E-state index is -3.32. The van der Waals surface area contributed by atoms with Crippen LogP contribution in [-0.2, 0) is 14.3 Å². The van der Waals surface area contributed by atoms with Gasteiger partial charge in [-0.1, -0.05) is 6.08 Å². The van der Waals surface area contributed by atoms with Gasteiger partial charge in [0.15, 0.2) is 0 Å². The lowest BCUT2D eigenvalue weighted by atomic mass is 10.4. The fraction of sp³-hybridized carbons (Fsp3) is 0.750. The topological polar surface area (TPSA) is 43.4 Å². The first kappa shape index (κ1) is 9.74. The summed E-state index contributed by atoms with van der Waals surface area (Å²) in [5, 5.41) is -0.336. The molecule has 1 aliphatic rings. The average Bonchev–Trinajstić information content (AvgIpc) is 2.61. The van der Waals surface area contributed by atoms with Crippen molar-refractivity contribution in [2.24, 2.45) is 5.92 Å². The Morgan fingerprint density at radius 3 is 2.50 bits per heavy atom. The second kappa shape index (κ2) is 3.18. The monoisotopic (exact) mass is 190 g/mol. The molecule has 0 aromatic carbocycles. The third-order valence-corrected chi connectivity index (χ3v) is 3.72. The van der Waals surface area contributed by atoms with Crippen molar-refractivity contribution < 1.29 is 12.6 Å². The molecule has 0 N–H and O–H groups in total. The van der Waals surface area contributed by atoms with Crippen molar-refractivity contribution in [1.29, 1.82) is 0 Å². The third-order valence-electron chi connectivity index (χ3n) is 1.78. The summed E-state index contributed by atoms with van der Waals surface area (Å²) in [6, 6.07) is 0. The summed E-state index contributed by atoms with van der Waals surface area (Å²) in [5.41, 5.74) is 0. The maximum Gasteiger partial charge on any atom is 0.271 e. The quantitative estimate of drug-likeness (QED) is 0.496. The first-order chi connectivity index (χ1) is 5.47. The van der Waals surface area contributed by atoms with E-state index < -0.39 is 10.1 Å². The zero-order valence-corrected chi connectivity index (χ0v) is 8.17. The largest absolute Gasteiger partial charge is 0.271 e. The SMILES string of the molecule is C=CC1CC1S(=O)(=O)OC(C)C. The molecule has 0 aromatic heterocycles. The van der Waals surface area contributed by atoms with Gasteiger partial charge in [-0.05, 0) is 26.2 Å². The standard InChI is InChI=1S/C8H14O3S/c1-4-7-5-8(7)12(9,10)11-6(2)3/h4,6-8H,1,5H2,2-3H3. The average molecular weight is 190 g/mol. The van der Waals surface area contributed by atoms with E-state index in [2.05, 4.69) is 6.58 Å². The molecule has 4 heteroatoms. The van der Waals surface area contributed by atoms with Gasteiger partial charge in [-0.15, -0.1) is 6.58 Å². The molecule has 1 aliphatic carbocycles. The van der Waals surface area contributed by atoms with Crippen LogP contribution in [-0.4, -0.2) is 19.8 Å². The Bertz CT molecular complexity index is 266. The predicted octanol–water partition coefficient (Wildman–Crippen LogP) is 1.32. The first-order valence-corrected chi connectivity index (χ1v) is 5.49. The number of allylic oxidation sites excluding steroid dienone is 1. The second-order valence-electron chi connectivity index (χ2n) is 3.31. The van der Waals surface area contributed by atoms with Crippen molar-refractivity contribution in [3.05, 3.63) is 12.7 Å². The van der Waals surface area contributed by atoms with Crippen LogP contribution in [0.5, 0.6) is 0 Å². The summed E-state index contributed by atoms with van der Waals surface area (Å²) in [7, 11) is -3.32. The van der Waals surface area contributed by atoms with Gasteiger partial charge in [0, 0.05) is 0 Å². The van der Waals surface area contributed by atoms with Crippen molar-refractivity contribution in [2.75, 3.05) is 0 Å². The summed E-state index contributed by atoms with van der Waals surface area (Å²) < 4.78 is 27.4. The van der Waals surface area contributed by atoms with E-state index in [1.807, 2.05) is 0 Å². The van der Waals surface area contributed by atoms with E-state index >= 15 is 0 Å². The van der Waals surface area contributed by atoms with Crippen LogP contribution in [0.4, 0.5) is 0 Å². The van der Waals surface area contributed by atoms with Gasteiger partial charge in [-0.25, -0.2) is 0 Å². The van der Waals surface area contributed by atoms with Crippen LogP contribution < -0.4 is 0 Å². The molecular weight excluding hydrogens is 176 g/mol. The Labute approximate surface area is 73.5 Å². The number of hydrogen-bond acceptors (Lipinski definition) is 3. The molecule has 0 heterocycles. The van der Waals surface area contributed by atoms with Crippen LogP contribution in [0.25, 0.3) is 0 Å². The lowest BCUT2D eigenvalue weighted by molar-refractivity contribution is 0.248. The van der Waals surface area contributed by atoms with E-state index in [9.17, 15) is 8.42 Å². The van der Waals surface area contributed by atoms with Crippen LogP contribution in [0.1, 0.15) is 20.3 Å². The predicted molar refractivity (Wildman–Crippen MR) is 47.2 cm³/mol. The zero-order valence-electron chi connectivity index (χ0n) is 7.36. The molecule has 0 amide bonds. The van der Waals surface area contributed by atoms with E-state index in [1.165, 1.54) is 0 Å². The van der Waals surface area contributed by atoms with E-state index in [0.717, 1.165) is 0 Å². The van der Waals surface area contributed by atoms with Crippen molar-refractivity contribution >= 4 is 10.1 Å². The fourth-order valence-corrected chi connectivity index (χ4v) is 2.79. The van der Waals surface area contributed by atoms with Crippen LogP contribution >= 0.6 is 0 Å². The Morgan fingerprint density at radius 1 is 1.58 bits per heavy atom. The van der Waals surface area contributed by atoms with Gasteiger partial charge in [0.2, 0.25) is 0 Å². The van der Waals surface area contributed by atoms with Gasteiger partial charge in [-0.3, -0.25) is 4.18 Å². The molecular formula is C8H14O3S. The molecule has 3 nitrogen and oxygen atoms in total. The molecule has 1 fully saturated rings. The molecule has 0 saturated heterocycles. The molecule has 12 heavy (non-hydrogen) atoms. The highest BCUT2D eigenvalue weighted by molar-refractivity contribution is 7.87. The van der Waals surface area contributed by atoms with Crippen LogP contribution in [0.15, 0.2) is 12.7 Å². The Balaban J connectivity index is 2.57. The van der Waals surface area contributed by atoms with E-state index in [-0.39, 0.29) is 17.3 Å². The minimum absolute atomic E-state index is 0.105. The van der Waals surface area contributed by atoms with Crippen LogP contribution in [0.2, 0.25) is 0 Å². The summed E-state index contributed by atoms with van der Waals surface area (Å²) >= 11 is 0. The highest BCUT2D eigenvalue weighted by Crippen LogP contribution is 2.38. The van der Waals surface area contributed by atoms with Gasteiger partial charge in [0.1, 0.15) is 0 Å². The smallest absolute Gasteiger partial charge is 0.267 e. The maximum absolute atomic E-state index is 11.3. The number of rotatable bonds is 4. The molecule has 2 unspecified atom stereocenters. The normalized spacial score (nSPS) is 28.9. The molecule has 1 saturated carbocycles. The van der Waals surface area contributed by atoms with Crippen molar-refractivity contribution in [1.82, 2.24) is 0 Å². The van der Waals surface area contributed by atoms with Crippen molar-refractivity contribution in [2.45, 2.75) is 31.6 Å². The van der Waals surface area contributed by atoms with Crippen LogP contribution in [0.3, 0.4) is 0 Å². The molecule has 70 valence electrons. The van der Waals surface area contributed by atoms with Gasteiger partial charge < -0.3 is 0 Å². The molecule has 2 atom stereocenters. The van der Waals surface area contributed by atoms with Crippen molar-refractivity contribution in [3.63, 3.8) is 0 Å². The maximum atomic E-state index is 11.3. The second-order valence-corrected chi connectivity index (χ2v) is 5.10. The van der Waals surface area contributed by atoms with E-state index in [0.29, 0.717) is 6.42 Å². The highest BCUT2D eigenvalue weighted by atomic mass is 32.2. The Hall–Kier alpha value is -0.350. The molecule has 1 rings (SSSR count). The van der Waals surface area contributed by atoms with Crippen molar-refractivity contribution in [3.8, 4) is 0 Å². The third kappa shape index (κ3) is 2.08. The lowest BCUT2D eigenvalue weighted by Gasteiger charge is -2.06. The molecule has 0 spiro atoms. The number of hydrogen-bond donors (Lipinski definition) is 0. The first-order valence-electron chi connectivity index (χ1n) is 4.02. The Morgan fingerprint density at radius 2 is 2.17 bits per heavy atom. The summed E-state index contributed by atoms with van der Waals surface area (Å²) in [5.74, 6) is 0.105.